The summed E-state index contributed by atoms with van der Waals surface area (Å²) in [6, 6.07) is 0. The van der Waals surface area contributed by atoms with Crippen LogP contribution in [0.4, 0.5) is 0 Å². The Morgan fingerprint density at radius 1 is 1.64 bits per heavy atom. The summed E-state index contributed by atoms with van der Waals surface area (Å²) in [6.07, 6.45) is 0.737. The van der Waals surface area contributed by atoms with Gasteiger partial charge in [-0.1, -0.05) is 22.5 Å². The van der Waals surface area contributed by atoms with E-state index in [9.17, 15) is 14.4 Å². The minimum absolute atomic E-state index is 0.185. The molecule has 7 nitrogen and oxygen atoms in total. The lowest BCUT2D eigenvalue weighted by Crippen LogP contribution is -2.35. The Labute approximate surface area is 139 Å². The number of H-pyrrole nitrogens is 1. The summed E-state index contributed by atoms with van der Waals surface area (Å²) in [5, 5.41) is 2.27. The first-order valence-corrected chi connectivity index (χ1v) is 7.76. The van der Waals surface area contributed by atoms with Crippen LogP contribution in [0.1, 0.15) is 25.1 Å². The highest BCUT2D eigenvalue weighted by Crippen LogP contribution is 2.31. The number of carbonyl (C=O) groups excluding carboxylic acids is 1. The van der Waals surface area contributed by atoms with Crippen molar-refractivity contribution in [1.29, 1.82) is 0 Å². The van der Waals surface area contributed by atoms with Gasteiger partial charge in [0.25, 0.3) is 5.56 Å². The van der Waals surface area contributed by atoms with E-state index in [2.05, 4.69) is 32.8 Å². The number of hydrogen-bond acceptors (Lipinski definition) is 4. The van der Waals surface area contributed by atoms with E-state index < -0.39 is 23.6 Å². The molecule has 1 aromatic rings. The number of amides is 1. The van der Waals surface area contributed by atoms with E-state index in [0.717, 1.165) is 0 Å². The Bertz CT molecular complexity index is 714. The summed E-state index contributed by atoms with van der Waals surface area (Å²) in [6.45, 7) is 5.29. The molecule has 0 saturated carbocycles. The van der Waals surface area contributed by atoms with Crippen molar-refractivity contribution in [3.05, 3.63) is 39.2 Å². The largest absolute Gasteiger partial charge is 0.354 e. The molecule has 1 unspecified atom stereocenters. The fourth-order valence-corrected chi connectivity index (χ4v) is 2.76. The molecule has 2 heterocycles. The number of carbonyl (C=O) groups is 1. The van der Waals surface area contributed by atoms with Gasteiger partial charge in [-0.05, 0) is 0 Å². The number of hydrogen-bond donors (Lipinski definition) is 2. The minimum Gasteiger partial charge on any atom is -0.354 e. The molecule has 1 aliphatic heterocycles. The lowest BCUT2D eigenvalue weighted by molar-refractivity contribution is -0.119. The summed E-state index contributed by atoms with van der Waals surface area (Å²) in [7, 11) is 0. The normalized spacial score (nSPS) is 24.2. The molecule has 0 spiro atoms. The highest BCUT2D eigenvalue weighted by Gasteiger charge is 2.35. The van der Waals surface area contributed by atoms with Crippen molar-refractivity contribution in [2.24, 2.45) is 0 Å². The standard InChI is InChI=1S/C13H15BrClN3O4/c1-6(14)8-5-18(13(21)17-12(8)20)11-3-9(15)10(22-11)4-16-7(2)19/h5,9-11H,1,3-4H2,2H3,(H,16,19)(H,17,20,21)/t9?,10-,11-/m1/s1. The molecular formula is C13H15BrClN3O4. The van der Waals surface area contributed by atoms with Gasteiger partial charge >= 0.3 is 5.69 Å². The second-order valence-corrected chi connectivity index (χ2v) is 6.45. The first-order valence-electron chi connectivity index (χ1n) is 6.53. The van der Waals surface area contributed by atoms with Gasteiger partial charge in [0.1, 0.15) is 6.23 Å². The third-order valence-electron chi connectivity index (χ3n) is 3.28. The molecule has 1 amide bonds. The van der Waals surface area contributed by atoms with Gasteiger partial charge in [-0.15, -0.1) is 11.6 Å². The number of aromatic nitrogens is 2. The number of aromatic amines is 1. The Hall–Kier alpha value is -1.38. The number of alkyl halides is 1. The fraction of sp³-hybridized carbons (Fsp3) is 0.462. The molecule has 1 aromatic heterocycles. The van der Waals surface area contributed by atoms with Crippen LogP contribution in [0.15, 0.2) is 22.4 Å². The lowest BCUT2D eigenvalue weighted by Gasteiger charge is -2.16. The van der Waals surface area contributed by atoms with Gasteiger partial charge in [-0.3, -0.25) is 19.1 Å². The Morgan fingerprint density at radius 2 is 2.32 bits per heavy atom. The Morgan fingerprint density at radius 3 is 2.91 bits per heavy atom. The molecule has 3 atom stereocenters. The summed E-state index contributed by atoms with van der Waals surface area (Å²) in [4.78, 5) is 36.8. The molecule has 0 radical (unpaired) electrons. The van der Waals surface area contributed by atoms with Crippen LogP contribution in [0.2, 0.25) is 0 Å². The molecule has 120 valence electrons. The topological polar surface area (TPSA) is 93.2 Å². The van der Waals surface area contributed by atoms with Crippen molar-refractivity contribution in [2.75, 3.05) is 6.54 Å². The van der Waals surface area contributed by atoms with Crippen molar-refractivity contribution in [2.45, 2.75) is 31.1 Å². The Balaban J connectivity index is 2.24. The van der Waals surface area contributed by atoms with E-state index >= 15 is 0 Å². The zero-order chi connectivity index (χ0) is 16.4. The highest BCUT2D eigenvalue weighted by atomic mass is 79.9. The number of nitrogens with zero attached hydrogens (tertiary/aromatic N) is 1. The molecule has 0 aliphatic carbocycles. The van der Waals surface area contributed by atoms with Gasteiger partial charge < -0.3 is 10.1 Å². The third kappa shape index (κ3) is 3.68. The molecule has 22 heavy (non-hydrogen) atoms. The minimum atomic E-state index is -0.615. The predicted molar refractivity (Wildman–Crippen MR) is 86.1 cm³/mol. The van der Waals surface area contributed by atoms with Crippen molar-refractivity contribution >= 4 is 37.9 Å². The second kappa shape index (κ2) is 6.80. The van der Waals surface area contributed by atoms with Gasteiger partial charge in [-0.2, -0.15) is 0 Å². The van der Waals surface area contributed by atoms with Crippen LogP contribution in [0, 0.1) is 0 Å². The van der Waals surface area contributed by atoms with E-state index in [1.54, 1.807) is 0 Å². The third-order valence-corrected chi connectivity index (χ3v) is 4.17. The molecule has 1 aliphatic rings. The van der Waals surface area contributed by atoms with Crippen molar-refractivity contribution in [3.63, 3.8) is 0 Å². The van der Waals surface area contributed by atoms with E-state index in [1.807, 2.05) is 0 Å². The number of rotatable bonds is 4. The van der Waals surface area contributed by atoms with Crippen LogP contribution in [0.25, 0.3) is 4.48 Å². The zero-order valence-electron chi connectivity index (χ0n) is 11.8. The highest BCUT2D eigenvalue weighted by molar-refractivity contribution is 9.15. The molecule has 1 saturated heterocycles. The first-order chi connectivity index (χ1) is 10.3. The van der Waals surface area contributed by atoms with Gasteiger partial charge in [-0.25, -0.2) is 4.79 Å². The van der Waals surface area contributed by atoms with Gasteiger partial charge in [0, 0.05) is 30.6 Å². The number of nitrogens with one attached hydrogen (secondary N) is 2. The summed E-state index contributed by atoms with van der Waals surface area (Å²) in [5.74, 6) is -0.185. The first kappa shape index (κ1) is 17.0. The van der Waals surface area contributed by atoms with Crippen LogP contribution >= 0.6 is 27.5 Å². The maximum absolute atomic E-state index is 12.0. The van der Waals surface area contributed by atoms with Crippen molar-refractivity contribution in [3.8, 4) is 0 Å². The van der Waals surface area contributed by atoms with Crippen LogP contribution < -0.4 is 16.6 Å². The smallest absolute Gasteiger partial charge is 0.330 e. The SMILES string of the molecule is C=C(Br)c1cn([C@H]2CC(Cl)[C@@H](CNC(C)=O)O2)c(=O)[nH]c1=O. The molecular weight excluding hydrogens is 378 g/mol. The maximum Gasteiger partial charge on any atom is 0.330 e. The van der Waals surface area contributed by atoms with E-state index in [1.165, 1.54) is 17.7 Å². The molecule has 1 fully saturated rings. The van der Waals surface area contributed by atoms with Gasteiger partial charge in [0.15, 0.2) is 0 Å². The molecule has 0 bridgehead atoms. The van der Waals surface area contributed by atoms with Gasteiger partial charge in [0.05, 0.1) is 17.0 Å². The average Bonchev–Trinajstić information content (AvgIpc) is 2.77. The summed E-state index contributed by atoms with van der Waals surface area (Å²) >= 11 is 9.32. The van der Waals surface area contributed by atoms with Gasteiger partial charge in [0.2, 0.25) is 5.91 Å². The van der Waals surface area contributed by atoms with Crippen molar-refractivity contribution in [1.82, 2.24) is 14.9 Å². The molecule has 9 heteroatoms. The van der Waals surface area contributed by atoms with E-state index in [0.29, 0.717) is 10.9 Å². The second-order valence-electron chi connectivity index (χ2n) is 4.93. The van der Waals surface area contributed by atoms with Crippen LogP contribution in [-0.4, -0.2) is 33.5 Å². The monoisotopic (exact) mass is 391 g/mol. The number of ether oxygens (including phenoxy) is 1. The Kier molecular flexibility index (Phi) is 5.25. The zero-order valence-corrected chi connectivity index (χ0v) is 14.1. The predicted octanol–water partition coefficient (Wildman–Crippen LogP) is 0.933. The lowest BCUT2D eigenvalue weighted by atomic mass is 10.2. The average molecular weight is 393 g/mol. The van der Waals surface area contributed by atoms with Crippen LogP contribution in [0.3, 0.4) is 0 Å². The summed E-state index contributed by atoms with van der Waals surface area (Å²) in [5.41, 5.74) is -0.880. The summed E-state index contributed by atoms with van der Waals surface area (Å²) < 4.78 is 7.34. The molecule has 0 aromatic carbocycles. The molecule has 2 N–H and O–H groups in total. The maximum atomic E-state index is 12.0. The molecule has 2 rings (SSSR count). The number of halogens is 2. The van der Waals surface area contributed by atoms with E-state index in [4.69, 9.17) is 16.3 Å². The fourth-order valence-electron chi connectivity index (χ4n) is 2.18. The van der Waals surface area contributed by atoms with Crippen molar-refractivity contribution < 1.29 is 9.53 Å². The van der Waals surface area contributed by atoms with Crippen LogP contribution in [0.5, 0.6) is 0 Å². The van der Waals surface area contributed by atoms with Crippen LogP contribution in [-0.2, 0) is 9.53 Å². The van der Waals surface area contributed by atoms with E-state index in [-0.39, 0.29) is 23.4 Å². The quantitative estimate of drug-likeness (QED) is 0.746.